The van der Waals surface area contributed by atoms with Gasteiger partial charge in [0.25, 0.3) is 0 Å². The van der Waals surface area contributed by atoms with Crippen LogP contribution in [-0.2, 0) is 0 Å². The summed E-state index contributed by atoms with van der Waals surface area (Å²) in [6.07, 6.45) is 17.9. The van der Waals surface area contributed by atoms with Crippen LogP contribution in [0.3, 0.4) is 0 Å². The zero-order valence-electron chi connectivity index (χ0n) is 13.8. The first-order valence-corrected chi connectivity index (χ1v) is 8.33. The van der Waals surface area contributed by atoms with E-state index in [1.54, 1.807) is 0 Å². The Kier molecular flexibility index (Phi) is 4.33. The van der Waals surface area contributed by atoms with E-state index >= 15 is 0 Å². The van der Waals surface area contributed by atoms with Gasteiger partial charge in [0.1, 0.15) is 6.17 Å². The summed E-state index contributed by atoms with van der Waals surface area (Å²) < 4.78 is 14.2. The zero-order chi connectivity index (χ0) is 15.7. The summed E-state index contributed by atoms with van der Waals surface area (Å²) in [5.41, 5.74) is 6.33. The first-order valence-electron chi connectivity index (χ1n) is 8.33. The Morgan fingerprint density at radius 3 is 2.50 bits per heavy atom. The van der Waals surface area contributed by atoms with Crippen molar-refractivity contribution >= 4 is 0 Å². The molecule has 0 heterocycles. The molecule has 3 atom stereocenters. The second kappa shape index (κ2) is 6.24. The van der Waals surface area contributed by atoms with Gasteiger partial charge in [0.2, 0.25) is 0 Å². The van der Waals surface area contributed by atoms with Crippen LogP contribution in [0.1, 0.15) is 40.0 Å². The lowest BCUT2D eigenvalue weighted by Crippen LogP contribution is -2.23. The maximum Gasteiger partial charge on any atom is 0.127 e. The molecule has 0 N–H and O–H groups in total. The van der Waals surface area contributed by atoms with Crippen LogP contribution >= 0.6 is 0 Å². The average molecular weight is 296 g/mol. The third kappa shape index (κ3) is 2.95. The van der Waals surface area contributed by atoms with Crippen LogP contribution in [0.4, 0.5) is 4.39 Å². The van der Waals surface area contributed by atoms with E-state index in [1.165, 1.54) is 22.3 Å². The van der Waals surface area contributed by atoms with Crippen molar-refractivity contribution in [2.24, 2.45) is 11.8 Å². The molecule has 0 aliphatic heterocycles. The van der Waals surface area contributed by atoms with E-state index in [0.717, 1.165) is 24.8 Å². The normalized spacial score (nSPS) is 31.8. The highest BCUT2D eigenvalue weighted by molar-refractivity contribution is 5.47. The van der Waals surface area contributed by atoms with Crippen molar-refractivity contribution in [3.8, 4) is 0 Å². The first-order chi connectivity index (χ1) is 10.6. The highest BCUT2D eigenvalue weighted by Gasteiger charge is 2.28. The largest absolute Gasteiger partial charge is 0.242 e. The van der Waals surface area contributed by atoms with Crippen LogP contribution in [0.25, 0.3) is 0 Å². The Labute approximate surface area is 133 Å². The second-order valence-electron chi connectivity index (χ2n) is 6.83. The van der Waals surface area contributed by atoms with Crippen LogP contribution in [0.2, 0.25) is 0 Å². The van der Waals surface area contributed by atoms with Gasteiger partial charge in [-0.05, 0) is 49.8 Å². The van der Waals surface area contributed by atoms with E-state index in [0.29, 0.717) is 5.92 Å². The maximum absolute atomic E-state index is 14.2. The van der Waals surface area contributed by atoms with E-state index in [9.17, 15) is 4.39 Å². The number of hydrogen-bond acceptors (Lipinski definition) is 0. The predicted molar refractivity (Wildman–Crippen MR) is 92.3 cm³/mol. The van der Waals surface area contributed by atoms with Crippen molar-refractivity contribution in [1.82, 2.24) is 0 Å². The Bertz CT molecular complexity index is 637. The lowest BCUT2D eigenvalue weighted by molar-refractivity contribution is 0.296. The molecule has 0 aromatic rings. The summed E-state index contributed by atoms with van der Waals surface area (Å²) in [5.74, 6) is 0.344. The minimum Gasteiger partial charge on any atom is -0.242 e. The molecule has 0 bridgehead atoms. The number of rotatable bonds is 2. The van der Waals surface area contributed by atoms with Crippen molar-refractivity contribution in [2.75, 3.05) is 0 Å². The minimum absolute atomic E-state index is 0.00548. The Balaban J connectivity index is 1.74. The lowest BCUT2D eigenvalue weighted by atomic mass is 9.77. The summed E-state index contributed by atoms with van der Waals surface area (Å²) in [6.45, 7) is 6.08. The topological polar surface area (TPSA) is 0 Å². The first kappa shape index (κ1) is 15.3. The van der Waals surface area contributed by atoms with Gasteiger partial charge in [-0.3, -0.25) is 0 Å². The van der Waals surface area contributed by atoms with E-state index in [1.807, 2.05) is 19.9 Å². The molecule has 0 radical (unpaired) electrons. The van der Waals surface area contributed by atoms with Crippen LogP contribution in [0, 0.1) is 11.8 Å². The minimum atomic E-state index is -0.826. The molecule has 0 aromatic heterocycles. The van der Waals surface area contributed by atoms with E-state index in [4.69, 9.17) is 0 Å². The van der Waals surface area contributed by atoms with Gasteiger partial charge in [0.15, 0.2) is 0 Å². The van der Waals surface area contributed by atoms with Gasteiger partial charge in [-0.15, -0.1) is 0 Å². The lowest BCUT2D eigenvalue weighted by Gasteiger charge is -2.30. The Hall–Kier alpha value is -1.63. The SMILES string of the molecule is CC1=CC=C(C2=CCC(C3=CC=C(C)C(F)C3C)C=C2)CC1. The van der Waals surface area contributed by atoms with Crippen LogP contribution in [-0.4, -0.2) is 6.17 Å². The molecular formula is C21H25F. The average Bonchev–Trinajstić information content (AvgIpc) is 2.54. The fourth-order valence-corrected chi connectivity index (χ4v) is 3.58. The Morgan fingerprint density at radius 2 is 1.86 bits per heavy atom. The van der Waals surface area contributed by atoms with Gasteiger partial charge in [-0.1, -0.05) is 60.6 Å². The number of halogens is 1. The number of hydrogen-bond donors (Lipinski definition) is 0. The number of alkyl halides is 1. The molecule has 116 valence electrons. The maximum atomic E-state index is 14.2. The monoisotopic (exact) mass is 296 g/mol. The van der Waals surface area contributed by atoms with Crippen molar-refractivity contribution in [2.45, 2.75) is 46.2 Å². The van der Waals surface area contributed by atoms with E-state index in [-0.39, 0.29) is 5.92 Å². The molecule has 0 spiro atoms. The second-order valence-corrected chi connectivity index (χ2v) is 6.83. The van der Waals surface area contributed by atoms with Gasteiger partial charge in [-0.2, -0.15) is 0 Å². The predicted octanol–water partition coefficient (Wildman–Crippen LogP) is 6.02. The summed E-state index contributed by atoms with van der Waals surface area (Å²) in [7, 11) is 0. The highest BCUT2D eigenvalue weighted by Crippen LogP contribution is 2.37. The van der Waals surface area contributed by atoms with Gasteiger partial charge >= 0.3 is 0 Å². The summed E-state index contributed by atoms with van der Waals surface area (Å²) in [5, 5.41) is 0. The molecule has 22 heavy (non-hydrogen) atoms. The van der Waals surface area contributed by atoms with Crippen molar-refractivity contribution in [3.05, 3.63) is 70.4 Å². The van der Waals surface area contributed by atoms with Crippen LogP contribution in [0.15, 0.2) is 70.4 Å². The molecule has 0 saturated carbocycles. The van der Waals surface area contributed by atoms with Gasteiger partial charge in [-0.25, -0.2) is 4.39 Å². The molecule has 0 nitrogen and oxygen atoms in total. The quantitative estimate of drug-likeness (QED) is 0.585. The highest BCUT2D eigenvalue weighted by atomic mass is 19.1. The van der Waals surface area contributed by atoms with E-state index in [2.05, 4.69) is 43.4 Å². The fraction of sp³-hybridized carbons (Fsp3) is 0.429. The van der Waals surface area contributed by atoms with Crippen LogP contribution in [0.5, 0.6) is 0 Å². The molecule has 0 aromatic carbocycles. The summed E-state index contributed by atoms with van der Waals surface area (Å²) in [4.78, 5) is 0. The molecule has 3 rings (SSSR count). The molecule has 3 aliphatic rings. The standard InChI is InChI=1S/C21H25F/c1-14-4-7-17(8-5-14)18-9-11-19(12-10-18)20-13-6-15(2)21(22)16(20)3/h4,6-7,9-11,13,16,19,21H,5,8,12H2,1-3H3. The van der Waals surface area contributed by atoms with Crippen molar-refractivity contribution in [1.29, 1.82) is 0 Å². The van der Waals surface area contributed by atoms with E-state index < -0.39 is 6.17 Å². The van der Waals surface area contributed by atoms with Gasteiger partial charge in [0.05, 0.1) is 0 Å². The molecule has 0 saturated heterocycles. The fourth-order valence-electron chi connectivity index (χ4n) is 3.58. The molecule has 0 fully saturated rings. The molecule has 3 unspecified atom stereocenters. The van der Waals surface area contributed by atoms with Crippen molar-refractivity contribution < 1.29 is 4.39 Å². The molecular weight excluding hydrogens is 271 g/mol. The third-order valence-electron chi connectivity index (χ3n) is 5.19. The summed E-state index contributed by atoms with van der Waals surface area (Å²) in [6, 6.07) is 0. The Morgan fingerprint density at radius 1 is 1.05 bits per heavy atom. The molecule has 0 amide bonds. The third-order valence-corrected chi connectivity index (χ3v) is 5.19. The smallest absolute Gasteiger partial charge is 0.127 e. The molecule has 3 aliphatic carbocycles. The van der Waals surface area contributed by atoms with Crippen LogP contribution < -0.4 is 0 Å². The van der Waals surface area contributed by atoms with Crippen molar-refractivity contribution in [3.63, 3.8) is 0 Å². The number of allylic oxidation sites excluding steroid dienone is 12. The van der Waals surface area contributed by atoms with Gasteiger partial charge < -0.3 is 0 Å². The zero-order valence-corrected chi connectivity index (χ0v) is 13.8. The summed E-state index contributed by atoms with van der Waals surface area (Å²) >= 11 is 0. The molecule has 1 heteroatoms. The van der Waals surface area contributed by atoms with Gasteiger partial charge in [0, 0.05) is 11.8 Å².